The summed E-state index contributed by atoms with van der Waals surface area (Å²) in [6.07, 6.45) is 1.96. The van der Waals surface area contributed by atoms with Crippen molar-refractivity contribution in [3.63, 3.8) is 0 Å². The van der Waals surface area contributed by atoms with E-state index in [9.17, 15) is 8.78 Å². The number of nitrogens with zero attached hydrogens (tertiary/aromatic N) is 1. The largest absolute Gasteiger partial charge is 0.489 e. The van der Waals surface area contributed by atoms with E-state index >= 15 is 0 Å². The normalized spacial score (nSPS) is 10.6. The maximum absolute atomic E-state index is 13.7. The van der Waals surface area contributed by atoms with E-state index in [-0.39, 0.29) is 0 Å². The quantitative estimate of drug-likeness (QED) is 0.452. The van der Waals surface area contributed by atoms with E-state index < -0.39 is 11.6 Å². The molecule has 3 rings (SSSR count). The molecule has 0 bridgehead atoms. The topological polar surface area (TPSA) is 12.5 Å². The third-order valence-electron chi connectivity index (χ3n) is 4.35. The Bertz CT molecular complexity index is 850. The Balaban J connectivity index is 1.75. The molecule has 0 saturated heterocycles. The number of unbranched alkanes of at least 4 members (excludes halogenated alkanes) is 1. The highest BCUT2D eigenvalue weighted by Crippen LogP contribution is 2.29. The van der Waals surface area contributed by atoms with Gasteiger partial charge in [0.25, 0.3) is 0 Å². The maximum Gasteiger partial charge on any atom is 0.160 e. The average molecular weight is 367 g/mol. The van der Waals surface area contributed by atoms with Gasteiger partial charge < -0.3 is 9.64 Å². The monoisotopic (exact) mass is 367 g/mol. The van der Waals surface area contributed by atoms with Gasteiger partial charge in [-0.05, 0) is 48.4 Å². The Morgan fingerprint density at radius 2 is 1.52 bits per heavy atom. The molecule has 3 aromatic rings. The van der Waals surface area contributed by atoms with Gasteiger partial charge in [0.15, 0.2) is 11.6 Å². The number of hydrogen-bond acceptors (Lipinski definition) is 2. The lowest BCUT2D eigenvalue weighted by Gasteiger charge is -2.25. The Labute approximate surface area is 159 Å². The number of hydrogen-bond donors (Lipinski definition) is 0. The maximum atomic E-state index is 13.7. The summed E-state index contributed by atoms with van der Waals surface area (Å²) >= 11 is 0. The third kappa shape index (κ3) is 5.07. The summed E-state index contributed by atoms with van der Waals surface area (Å²) in [7, 11) is 0. The van der Waals surface area contributed by atoms with Crippen LogP contribution < -0.4 is 9.64 Å². The molecule has 0 aliphatic carbocycles. The molecule has 0 N–H and O–H groups in total. The minimum absolute atomic E-state index is 0.503. The number of ether oxygens (including phenoxy) is 1. The summed E-state index contributed by atoms with van der Waals surface area (Å²) in [6.45, 7) is 3.33. The van der Waals surface area contributed by atoms with Crippen molar-refractivity contribution in [2.75, 3.05) is 11.4 Å². The summed E-state index contributed by atoms with van der Waals surface area (Å²) in [5.74, 6) is -0.904. The third-order valence-corrected chi connectivity index (χ3v) is 4.35. The van der Waals surface area contributed by atoms with Crippen LogP contribution in [0.25, 0.3) is 0 Å². The van der Waals surface area contributed by atoms with Crippen molar-refractivity contribution < 1.29 is 13.5 Å². The van der Waals surface area contributed by atoms with Crippen molar-refractivity contribution in [3.05, 3.63) is 90.0 Å². The van der Waals surface area contributed by atoms with Crippen molar-refractivity contribution in [3.8, 4) is 5.75 Å². The van der Waals surface area contributed by atoms with Crippen molar-refractivity contribution in [2.45, 2.75) is 26.4 Å². The van der Waals surface area contributed by atoms with Crippen LogP contribution in [0.1, 0.15) is 25.3 Å². The Hall–Kier alpha value is -2.88. The fourth-order valence-corrected chi connectivity index (χ4v) is 2.84. The van der Waals surface area contributed by atoms with Crippen LogP contribution in [0.5, 0.6) is 5.75 Å². The van der Waals surface area contributed by atoms with Crippen LogP contribution in [-0.4, -0.2) is 6.54 Å². The van der Waals surface area contributed by atoms with Crippen LogP contribution in [0.4, 0.5) is 20.2 Å². The number of anilines is 2. The van der Waals surface area contributed by atoms with Gasteiger partial charge in [0.2, 0.25) is 0 Å². The fraction of sp³-hybridized carbons (Fsp3) is 0.217. The predicted octanol–water partition coefficient (Wildman–Crippen LogP) is 6.48. The molecular formula is C23H23F2NO. The molecule has 0 unspecified atom stereocenters. The molecule has 0 aromatic heterocycles. The van der Waals surface area contributed by atoms with E-state index in [0.717, 1.165) is 36.4 Å². The number of rotatable bonds is 8. The summed E-state index contributed by atoms with van der Waals surface area (Å²) in [6, 6.07) is 21.7. The molecule has 4 heteroatoms. The molecule has 0 aliphatic heterocycles. The molecule has 0 spiro atoms. The van der Waals surface area contributed by atoms with Crippen LogP contribution in [0.3, 0.4) is 0 Å². The van der Waals surface area contributed by atoms with Crippen molar-refractivity contribution >= 4 is 11.4 Å². The van der Waals surface area contributed by atoms with E-state index in [1.165, 1.54) is 12.1 Å². The zero-order chi connectivity index (χ0) is 19.1. The standard InChI is InChI=1S/C23H23F2NO/c1-2-3-15-26(20-11-14-22(24)23(25)16-20)19-9-12-21(13-10-19)27-17-18-7-5-4-6-8-18/h4-14,16H,2-3,15,17H2,1H3. The second-order valence-electron chi connectivity index (χ2n) is 6.37. The first-order valence-corrected chi connectivity index (χ1v) is 9.16. The molecule has 0 aliphatic rings. The summed E-state index contributed by atoms with van der Waals surface area (Å²) in [5, 5.41) is 0. The van der Waals surface area contributed by atoms with Crippen molar-refractivity contribution in [2.24, 2.45) is 0 Å². The first-order valence-electron chi connectivity index (χ1n) is 9.16. The fourth-order valence-electron chi connectivity index (χ4n) is 2.84. The Morgan fingerprint density at radius 3 is 2.19 bits per heavy atom. The molecule has 0 amide bonds. The Morgan fingerprint density at radius 1 is 0.815 bits per heavy atom. The molecule has 0 saturated carbocycles. The van der Waals surface area contributed by atoms with Gasteiger partial charge in [-0.2, -0.15) is 0 Å². The van der Waals surface area contributed by atoms with E-state index in [1.54, 1.807) is 6.07 Å². The smallest absolute Gasteiger partial charge is 0.160 e. The lowest BCUT2D eigenvalue weighted by atomic mass is 10.2. The summed E-state index contributed by atoms with van der Waals surface area (Å²) in [4.78, 5) is 1.99. The molecule has 0 radical (unpaired) electrons. The molecule has 27 heavy (non-hydrogen) atoms. The summed E-state index contributed by atoms with van der Waals surface area (Å²) in [5.41, 5.74) is 2.66. The van der Waals surface area contributed by atoms with Crippen LogP contribution in [0, 0.1) is 11.6 Å². The van der Waals surface area contributed by atoms with Crippen molar-refractivity contribution in [1.29, 1.82) is 0 Å². The SMILES string of the molecule is CCCCN(c1ccc(OCc2ccccc2)cc1)c1ccc(F)c(F)c1. The first-order chi connectivity index (χ1) is 13.2. The second-order valence-corrected chi connectivity index (χ2v) is 6.37. The van der Waals surface area contributed by atoms with Crippen LogP contribution in [0.15, 0.2) is 72.8 Å². The molecule has 0 fully saturated rings. The summed E-state index contributed by atoms with van der Waals surface area (Å²) < 4.78 is 32.8. The van der Waals surface area contributed by atoms with Gasteiger partial charge in [0.1, 0.15) is 12.4 Å². The number of halogens is 2. The van der Waals surface area contributed by atoms with E-state index in [0.29, 0.717) is 12.3 Å². The average Bonchev–Trinajstić information content (AvgIpc) is 2.71. The minimum atomic E-state index is -0.836. The molecule has 3 aromatic carbocycles. The Kier molecular flexibility index (Phi) is 6.42. The zero-order valence-electron chi connectivity index (χ0n) is 15.4. The minimum Gasteiger partial charge on any atom is -0.489 e. The van der Waals surface area contributed by atoms with Gasteiger partial charge in [-0.3, -0.25) is 0 Å². The molecule has 0 heterocycles. The highest BCUT2D eigenvalue weighted by Gasteiger charge is 2.12. The van der Waals surface area contributed by atoms with Crippen LogP contribution in [0.2, 0.25) is 0 Å². The lowest BCUT2D eigenvalue weighted by Crippen LogP contribution is -2.18. The van der Waals surface area contributed by atoms with Crippen molar-refractivity contribution in [1.82, 2.24) is 0 Å². The highest BCUT2D eigenvalue weighted by molar-refractivity contribution is 5.64. The second kappa shape index (κ2) is 9.17. The highest BCUT2D eigenvalue weighted by atomic mass is 19.2. The van der Waals surface area contributed by atoms with Gasteiger partial charge in [0, 0.05) is 24.0 Å². The zero-order valence-corrected chi connectivity index (χ0v) is 15.4. The molecule has 0 atom stereocenters. The molecule has 2 nitrogen and oxygen atoms in total. The van der Waals surface area contributed by atoms with Crippen LogP contribution in [-0.2, 0) is 6.61 Å². The molecular weight excluding hydrogens is 344 g/mol. The van der Waals surface area contributed by atoms with Gasteiger partial charge in [-0.25, -0.2) is 8.78 Å². The van der Waals surface area contributed by atoms with E-state index in [2.05, 4.69) is 6.92 Å². The number of benzene rings is 3. The van der Waals surface area contributed by atoms with Crippen LogP contribution >= 0.6 is 0 Å². The van der Waals surface area contributed by atoms with Gasteiger partial charge in [0.05, 0.1) is 0 Å². The lowest BCUT2D eigenvalue weighted by molar-refractivity contribution is 0.306. The van der Waals surface area contributed by atoms with E-state index in [1.807, 2.05) is 59.5 Å². The molecule has 140 valence electrons. The predicted molar refractivity (Wildman–Crippen MR) is 105 cm³/mol. The van der Waals surface area contributed by atoms with Gasteiger partial charge in [-0.15, -0.1) is 0 Å². The first kappa shape index (κ1) is 18.9. The van der Waals surface area contributed by atoms with Gasteiger partial charge >= 0.3 is 0 Å². The van der Waals surface area contributed by atoms with E-state index in [4.69, 9.17) is 4.74 Å². The van der Waals surface area contributed by atoms with Gasteiger partial charge in [-0.1, -0.05) is 43.7 Å².